The van der Waals surface area contributed by atoms with Gasteiger partial charge in [-0.25, -0.2) is 4.79 Å². The molecule has 0 radical (unpaired) electrons. The Labute approximate surface area is 176 Å². The largest absolute Gasteiger partial charge is 0.489 e. The van der Waals surface area contributed by atoms with Crippen LogP contribution in [0.5, 0.6) is 11.5 Å². The van der Waals surface area contributed by atoms with E-state index in [9.17, 15) is 4.79 Å². The summed E-state index contributed by atoms with van der Waals surface area (Å²) in [6.45, 7) is 10.5. The summed E-state index contributed by atoms with van der Waals surface area (Å²) in [6, 6.07) is 11.5. The lowest BCUT2D eigenvalue weighted by Crippen LogP contribution is -2.33. The van der Waals surface area contributed by atoms with Crippen LogP contribution in [0.2, 0.25) is 0 Å². The quantitative estimate of drug-likeness (QED) is 0.457. The van der Waals surface area contributed by atoms with Crippen molar-refractivity contribution in [2.75, 3.05) is 0 Å². The van der Waals surface area contributed by atoms with Crippen LogP contribution < -0.4 is 15.1 Å². The molecule has 0 unspecified atom stereocenters. The molecule has 0 aliphatic carbocycles. The summed E-state index contributed by atoms with van der Waals surface area (Å²) in [5, 5.41) is 0.837. The summed E-state index contributed by atoms with van der Waals surface area (Å²) < 4.78 is 18.7. The second-order valence-corrected chi connectivity index (χ2v) is 9.04. The molecule has 0 saturated heterocycles. The molecule has 0 bridgehead atoms. The summed E-state index contributed by atoms with van der Waals surface area (Å²) in [6.07, 6.45) is 4.20. The Morgan fingerprint density at radius 2 is 1.73 bits per heavy atom. The van der Waals surface area contributed by atoms with E-state index in [4.69, 9.17) is 13.9 Å². The van der Waals surface area contributed by atoms with Crippen molar-refractivity contribution in [2.24, 2.45) is 5.92 Å². The Bertz CT molecular complexity index is 1230. The first-order valence-corrected chi connectivity index (χ1v) is 10.5. The van der Waals surface area contributed by atoms with E-state index >= 15 is 0 Å². The fourth-order valence-corrected chi connectivity index (χ4v) is 4.58. The van der Waals surface area contributed by atoms with Gasteiger partial charge in [0, 0.05) is 17.2 Å². The summed E-state index contributed by atoms with van der Waals surface area (Å²) >= 11 is 0. The number of ether oxygens (including phenoxy) is 2. The highest BCUT2D eigenvalue weighted by Gasteiger charge is 2.38. The molecule has 4 heteroatoms. The van der Waals surface area contributed by atoms with E-state index in [1.165, 1.54) is 0 Å². The molecule has 4 nitrogen and oxygen atoms in total. The molecule has 2 aliphatic heterocycles. The molecule has 5 rings (SSSR count). The van der Waals surface area contributed by atoms with Crippen LogP contribution in [0.1, 0.15) is 51.7 Å². The molecule has 0 spiro atoms. The number of hydrogen-bond acceptors (Lipinski definition) is 4. The van der Waals surface area contributed by atoms with Gasteiger partial charge >= 0.3 is 5.63 Å². The van der Waals surface area contributed by atoms with E-state index < -0.39 is 5.60 Å². The summed E-state index contributed by atoms with van der Waals surface area (Å²) in [5.74, 6) is 1.95. The highest BCUT2D eigenvalue weighted by molar-refractivity contribution is 6.04. The van der Waals surface area contributed by atoms with Crippen molar-refractivity contribution in [2.45, 2.75) is 52.2 Å². The molecule has 154 valence electrons. The van der Waals surface area contributed by atoms with E-state index in [0.717, 1.165) is 33.4 Å². The average Bonchev–Trinajstić information content (AvgIpc) is 2.71. The average molecular weight is 402 g/mol. The molecule has 0 fully saturated rings. The predicted octanol–water partition coefficient (Wildman–Crippen LogP) is 6.16. The van der Waals surface area contributed by atoms with Gasteiger partial charge in [-0.2, -0.15) is 0 Å². The van der Waals surface area contributed by atoms with E-state index in [-0.39, 0.29) is 23.6 Å². The van der Waals surface area contributed by atoms with Crippen molar-refractivity contribution in [3.8, 4) is 22.6 Å². The number of fused-ring (bicyclic) bond motifs is 6. The number of benzene rings is 2. The van der Waals surface area contributed by atoms with Gasteiger partial charge in [0.05, 0.1) is 17.1 Å². The third-order valence-electron chi connectivity index (χ3n) is 6.56. The van der Waals surface area contributed by atoms with Gasteiger partial charge < -0.3 is 13.9 Å². The number of hydrogen-bond donors (Lipinski definition) is 0. The van der Waals surface area contributed by atoms with Crippen LogP contribution >= 0.6 is 0 Å². The third kappa shape index (κ3) is 2.78. The van der Waals surface area contributed by atoms with Crippen molar-refractivity contribution >= 4 is 17.0 Å². The van der Waals surface area contributed by atoms with Crippen molar-refractivity contribution < 1.29 is 13.9 Å². The van der Waals surface area contributed by atoms with Gasteiger partial charge in [-0.05, 0) is 50.3 Å². The molecule has 2 aliphatic rings. The molecular weight excluding hydrogens is 376 g/mol. The molecule has 3 heterocycles. The van der Waals surface area contributed by atoms with E-state index in [1.54, 1.807) is 6.07 Å². The standard InChI is InChI=1S/C26H26O4/c1-14-15(2)21-23(28-16(14)3)18-11-12-26(4,5)30-24(18)22-19(13-20(27)29-25(21)22)17-9-7-6-8-10-17/h6-16H,1-5H3/t14-,15+,16+/m0/s1. The van der Waals surface area contributed by atoms with E-state index in [1.807, 2.05) is 44.2 Å². The minimum Gasteiger partial charge on any atom is -0.489 e. The molecule has 1 aromatic heterocycles. The molecule has 0 saturated carbocycles. The first-order valence-electron chi connectivity index (χ1n) is 10.5. The zero-order valence-corrected chi connectivity index (χ0v) is 18.0. The van der Waals surface area contributed by atoms with Crippen LogP contribution in [-0.4, -0.2) is 11.7 Å². The topological polar surface area (TPSA) is 48.7 Å². The maximum Gasteiger partial charge on any atom is 0.336 e. The van der Waals surface area contributed by atoms with Gasteiger partial charge in [0.25, 0.3) is 0 Å². The molecule has 30 heavy (non-hydrogen) atoms. The van der Waals surface area contributed by atoms with Crippen LogP contribution in [0.15, 0.2) is 51.7 Å². The summed E-state index contributed by atoms with van der Waals surface area (Å²) in [4.78, 5) is 12.6. The van der Waals surface area contributed by atoms with Crippen LogP contribution in [0.3, 0.4) is 0 Å². The van der Waals surface area contributed by atoms with E-state index in [0.29, 0.717) is 11.3 Å². The summed E-state index contributed by atoms with van der Waals surface area (Å²) in [7, 11) is 0. The lowest BCUT2D eigenvalue weighted by atomic mass is 9.79. The third-order valence-corrected chi connectivity index (χ3v) is 6.56. The Morgan fingerprint density at radius 1 is 1.00 bits per heavy atom. The molecular formula is C26H26O4. The van der Waals surface area contributed by atoms with Gasteiger partial charge in [-0.3, -0.25) is 0 Å². The first-order chi connectivity index (χ1) is 14.3. The molecule has 0 N–H and O–H groups in total. The lowest BCUT2D eigenvalue weighted by Gasteiger charge is -2.38. The molecule has 3 atom stereocenters. The highest BCUT2D eigenvalue weighted by Crippen LogP contribution is 2.53. The second-order valence-electron chi connectivity index (χ2n) is 9.04. The van der Waals surface area contributed by atoms with Crippen molar-refractivity contribution in [1.82, 2.24) is 0 Å². The summed E-state index contributed by atoms with van der Waals surface area (Å²) in [5.41, 5.74) is 3.40. The number of rotatable bonds is 1. The minimum atomic E-state index is -0.475. The van der Waals surface area contributed by atoms with Crippen LogP contribution in [0.25, 0.3) is 28.2 Å². The van der Waals surface area contributed by atoms with Crippen molar-refractivity contribution in [1.29, 1.82) is 0 Å². The fraction of sp³-hybridized carbons (Fsp3) is 0.346. The Balaban J connectivity index is 1.97. The van der Waals surface area contributed by atoms with Gasteiger partial charge in [0.1, 0.15) is 22.7 Å². The smallest absolute Gasteiger partial charge is 0.336 e. The lowest BCUT2D eigenvalue weighted by molar-refractivity contribution is 0.118. The van der Waals surface area contributed by atoms with Gasteiger partial charge in [0.15, 0.2) is 0 Å². The fourth-order valence-electron chi connectivity index (χ4n) is 4.58. The van der Waals surface area contributed by atoms with Crippen LogP contribution in [0.4, 0.5) is 0 Å². The van der Waals surface area contributed by atoms with Crippen molar-refractivity contribution in [3.63, 3.8) is 0 Å². The Kier molecular flexibility index (Phi) is 4.11. The van der Waals surface area contributed by atoms with E-state index in [2.05, 4.69) is 32.9 Å². The SMILES string of the molecule is C[C@@H]1[C@@H](C)Oc2c3c(c4c(-c5ccccc5)cc(=O)oc4c2[C@@H]1C)OC(C)(C)C=C3. The highest BCUT2D eigenvalue weighted by atomic mass is 16.5. The Morgan fingerprint density at radius 3 is 2.47 bits per heavy atom. The maximum atomic E-state index is 12.6. The normalized spacial score (nSPS) is 24.0. The van der Waals surface area contributed by atoms with Gasteiger partial charge in [0.2, 0.25) is 0 Å². The van der Waals surface area contributed by atoms with Gasteiger partial charge in [-0.1, -0.05) is 44.2 Å². The Hall–Kier alpha value is -3.01. The first kappa shape index (κ1) is 19.0. The minimum absolute atomic E-state index is 0.0569. The predicted molar refractivity (Wildman–Crippen MR) is 119 cm³/mol. The monoisotopic (exact) mass is 402 g/mol. The second kappa shape index (κ2) is 6.49. The molecule has 2 aromatic carbocycles. The van der Waals surface area contributed by atoms with Crippen molar-refractivity contribution in [3.05, 3.63) is 64.0 Å². The maximum absolute atomic E-state index is 12.6. The van der Waals surface area contributed by atoms with Crippen LogP contribution in [-0.2, 0) is 0 Å². The van der Waals surface area contributed by atoms with Crippen LogP contribution in [0, 0.1) is 5.92 Å². The van der Waals surface area contributed by atoms with Gasteiger partial charge in [-0.15, -0.1) is 0 Å². The molecule has 0 amide bonds. The molecule has 3 aromatic rings. The zero-order valence-electron chi connectivity index (χ0n) is 18.0. The zero-order chi connectivity index (χ0) is 21.2.